The van der Waals surface area contributed by atoms with Gasteiger partial charge in [0.2, 0.25) is 6.43 Å². The van der Waals surface area contributed by atoms with Gasteiger partial charge < -0.3 is 15.5 Å². The van der Waals surface area contributed by atoms with Gasteiger partial charge in [-0.15, -0.1) is 0 Å². The topological polar surface area (TPSA) is 52.5 Å². The molecule has 0 aliphatic carbocycles. The Bertz CT molecular complexity index is 369. The molecule has 0 amide bonds. The van der Waals surface area contributed by atoms with E-state index in [1.54, 1.807) is 0 Å². The number of halogens is 2. The van der Waals surface area contributed by atoms with Crippen molar-refractivity contribution in [2.45, 2.75) is 45.6 Å². The molecule has 1 rings (SSSR count). The Morgan fingerprint density at radius 2 is 1.74 bits per heavy atom. The van der Waals surface area contributed by atoms with Gasteiger partial charge >= 0.3 is 0 Å². The molecule has 5 heteroatoms. The third-order valence-electron chi connectivity index (χ3n) is 3.11. The van der Waals surface area contributed by atoms with Crippen LogP contribution in [0.1, 0.15) is 25.8 Å². The minimum atomic E-state index is -2.51. The highest BCUT2D eigenvalue weighted by atomic mass is 19.3. The Balaban J connectivity index is 2.59. The largest absolute Gasteiger partial charge is 0.367 e. The first-order valence-corrected chi connectivity index (χ1v) is 6.24. The van der Waals surface area contributed by atoms with Crippen molar-refractivity contribution in [2.75, 3.05) is 0 Å². The normalized spacial score (nSPS) is 14.1. The molecule has 1 atom stereocenters. The van der Waals surface area contributed by atoms with Crippen molar-refractivity contribution in [1.82, 2.24) is 5.32 Å². The van der Waals surface area contributed by atoms with E-state index in [0.29, 0.717) is 6.54 Å². The van der Waals surface area contributed by atoms with Crippen molar-refractivity contribution in [3.8, 4) is 0 Å². The van der Waals surface area contributed by atoms with Gasteiger partial charge in [0, 0.05) is 12.0 Å². The summed E-state index contributed by atoms with van der Waals surface area (Å²) < 4.78 is 25.6. The van der Waals surface area contributed by atoms with Crippen molar-refractivity contribution in [3.63, 3.8) is 0 Å². The first kappa shape index (κ1) is 16.0. The molecule has 0 saturated carbocycles. The highest BCUT2D eigenvalue weighted by Crippen LogP contribution is 2.30. The molecule has 0 spiro atoms. The second-order valence-electron chi connectivity index (χ2n) is 5.38. The lowest BCUT2D eigenvalue weighted by atomic mass is 9.86. The van der Waals surface area contributed by atoms with Gasteiger partial charge in [-0.3, -0.25) is 0 Å². The maximum Gasteiger partial charge on any atom is 0.243 e. The summed E-state index contributed by atoms with van der Waals surface area (Å²) in [6, 6.07) is 8.58. The monoisotopic (exact) mass is 273 g/mol. The zero-order chi connectivity index (χ0) is 14.5. The van der Waals surface area contributed by atoms with Crippen LogP contribution >= 0.6 is 0 Å². The Morgan fingerprint density at radius 1 is 1.16 bits per heavy atom. The summed E-state index contributed by atoms with van der Waals surface area (Å²) in [5.41, 5.74) is -0.305. The molecule has 0 aliphatic heterocycles. The van der Waals surface area contributed by atoms with Crippen LogP contribution in [0.3, 0.4) is 0 Å². The van der Waals surface area contributed by atoms with Crippen molar-refractivity contribution in [3.05, 3.63) is 35.9 Å². The number of aliphatic hydroxyl groups is 2. The van der Waals surface area contributed by atoms with Crippen LogP contribution in [0.4, 0.5) is 8.78 Å². The van der Waals surface area contributed by atoms with E-state index >= 15 is 0 Å². The first-order valence-electron chi connectivity index (χ1n) is 6.24. The molecule has 1 aromatic rings. The SMILES string of the molecule is CC(C)(CC(NCc1ccccc1)C(O)O)C(F)F. The highest BCUT2D eigenvalue weighted by molar-refractivity contribution is 5.14. The maximum absolute atomic E-state index is 12.8. The summed E-state index contributed by atoms with van der Waals surface area (Å²) >= 11 is 0. The van der Waals surface area contributed by atoms with E-state index in [2.05, 4.69) is 5.32 Å². The molecule has 1 aromatic carbocycles. The van der Waals surface area contributed by atoms with E-state index in [9.17, 15) is 19.0 Å². The summed E-state index contributed by atoms with van der Waals surface area (Å²) in [5.74, 6) is 0. The van der Waals surface area contributed by atoms with Gasteiger partial charge in [0.15, 0.2) is 6.29 Å². The van der Waals surface area contributed by atoms with Crippen LogP contribution in [0.25, 0.3) is 0 Å². The molecule has 0 heterocycles. The van der Waals surface area contributed by atoms with Gasteiger partial charge in [-0.05, 0) is 12.0 Å². The fourth-order valence-corrected chi connectivity index (χ4v) is 1.78. The zero-order valence-electron chi connectivity index (χ0n) is 11.2. The quantitative estimate of drug-likeness (QED) is 0.667. The molecule has 1 unspecified atom stereocenters. The van der Waals surface area contributed by atoms with Gasteiger partial charge in [-0.25, -0.2) is 8.78 Å². The molecule has 3 N–H and O–H groups in total. The number of rotatable bonds is 7. The summed E-state index contributed by atoms with van der Waals surface area (Å²) in [6.45, 7) is 3.23. The lowest BCUT2D eigenvalue weighted by molar-refractivity contribution is -0.0883. The first-order chi connectivity index (χ1) is 8.83. The number of hydrogen-bond donors (Lipinski definition) is 3. The summed E-state index contributed by atoms with van der Waals surface area (Å²) in [5, 5.41) is 21.5. The van der Waals surface area contributed by atoms with Crippen molar-refractivity contribution < 1.29 is 19.0 Å². The molecular formula is C14H21F2NO2. The van der Waals surface area contributed by atoms with Gasteiger partial charge in [-0.1, -0.05) is 44.2 Å². The van der Waals surface area contributed by atoms with E-state index in [0.717, 1.165) is 5.56 Å². The third-order valence-corrected chi connectivity index (χ3v) is 3.11. The lowest BCUT2D eigenvalue weighted by Crippen LogP contribution is -2.44. The number of nitrogens with one attached hydrogen (secondary N) is 1. The summed E-state index contributed by atoms with van der Waals surface area (Å²) in [6.07, 6.45) is -4.19. The minimum Gasteiger partial charge on any atom is -0.367 e. The van der Waals surface area contributed by atoms with E-state index in [1.165, 1.54) is 13.8 Å². The minimum absolute atomic E-state index is 0.0187. The molecule has 0 aromatic heterocycles. The van der Waals surface area contributed by atoms with Crippen LogP contribution in [0.5, 0.6) is 0 Å². The second-order valence-corrected chi connectivity index (χ2v) is 5.38. The fraction of sp³-hybridized carbons (Fsp3) is 0.571. The number of aliphatic hydroxyl groups excluding tert-OH is 1. The molecule has 0 aliphatic rings. The van der Waals surface area contributed by atoms with Crippen molar-refractivity contribution in [1.29, 1.82) is 0 Å². The predicted octanol–water partition coefficient (Wildman–Crippen LogP) is 2.14. The van der Waals surface area contributed by atoms with Gasteiger partial charge in [-0.2, -0.15) is 0 Å². The molecule has 0 saturated heterocycles. The van der Waals surface area contributed by atoms with E-state index in [4.69, 9.17) is 0 Å². The molecule has 0 fully saturated rings. The lowest BCUT2D eigenvalue weighted by Gasteiger charge is -2.30. The fourth-order valence-electron chi connectivity index (χ4n) is 1.78. The van der Waals surface area contributed by atoms with E-state index in [1.807, 2.05) is 30.3 Å². The number of alkyl halides is 2. The number of benzene rings is 1. The van der Waals surface area contributed by atoms with Gasteiger partial charge in [0.05, 0.1) is 6.04 Å². The maximum atomic E-state index is 12.8. The van der Waals surface area contributed by atoms with Crippen molar-refractivity contribution >= 4 is 0 Å². The smallest absolute Gasteiger partial charge is 0.243 e. The molecule has 108 valence electrons. The molecule has 3 nitrogen and oxygen atoms in total. The van der Waals surface area contributed by atoms with Crippen LogP contribution in [0.15, 0.2) is 30.3 Å². The van der Waals surface area contributed by atoms with Crippen LogP contribution in [-0.2, 0) is 6.54 Å². The molecule has 19 heavy (non-hydrogen) atoms. The standard InChI is InChI=1S/C14H21F2NO2/c1-14(2,13(15)16)8-11(12(18)19)17-9-10-6-4-3-5-7-10/h3-7,11-13,17-19H,8-9H2,1-2H3. The van der Waals surface area contributed by atoms with E-state index < -0.39 is 24.2 Å². The Kier molecular flexibility index (Phi) is 5.85. The van der Waals surface area contributed by atoms with Crippen LogP contribution < -0.4 is 5.32 Å². The Morgan fingerprint density at radius 3 is 2.21 bits per heavy atom. The molecule has 0 radical (unpaired) electrons. The summed E-state index contributed by atoms with van der Waals surface area (Å²) in [4.78, 5) is 0. The number of hydrogen-bond acceptors (Lipinski definition) is 3. The molecular weight excluding hydrogens is 252 g/mol. The van der Waals surface area contributed by atoms with Crippen LogP contribution in [0.2, 0.25) is 0 Å². The average molecular weight is 273 g/mol. The Hall–Kier alpha value is -1.04. The van der Waals surface area contributed by atoms with E-state index in [-0.39, 0.29) is 6.42 Å². The van der Waals surface area contributed by atoms with Crippen molar-refractivity contribution in [2.24, 2.45) is 5.41 Å². The average Bonchev–Trinajstić information content (AvgIpc) is 2.35. The predicted molar refractivity (Wildman–Crippen MR) is 69.7 cm³/mol. The van der Waals surface area contributed by atoms with Crippen LogP contribution in [0, 0.1) is 5.41 Å². The van der Waals surface area contributed by atoms with Gasteiger partial charge in [0.1, 0.15) is 0 Å². The van der Waals surface area contributed by atoms with Gasteiger partial charge in [0.25, 0.3) is 0 Å². The highest BCUT2D eigenvalue weighted by Gasteiger charge is 2.34. The Labute approximate surface area is 112 Å². The zero-order valence-corrected chi connectivity index (χ0v) is 11.2. The summed E-state index contributed by atoms with van der Waals surface area (Å²) in [7, 11) is 0. The third kappa shape index (κ3) is 5.22. The second kappa shape index (κ2) is 6.93. The molecule has 0 bridgehead atoms. The van der Waals surface area contributed by atoms with Crippen LogP contribution in [-0.4, -0.2) is 29.0 Å².